The molecule has 10 heteroatoms. The van der Waals surface area contributed by atoms with E-state index in [1.165, 1.54) is 6.07 Å². The highest BCUT2D eigenvalue weighted by Crippen LogP contribution is 2.32. The van der Waals surface area contributed by atoms with Gasteiger partial charge in [-0.05, 0) is 25.0 Å². The molecule has 0 bridgehead atoms. The van der Waals surface area contributed by atoms with E-state index in [4.69, 9.17) is 24.5 Å². The van der Waals surface area contributed by atoms with Gasteiger partial charge in [0.05, 0.1) is 23.5 Å². The van der Waals surface area contributed by atoms with Gasteiger partial charge >= 0.3 is 11.9 Å². The summed E-state index contributed by atoms with van der Waals surface area (Å²) in [6.07, 6.45) is -0.896. The van der Waals surface area contributed by atoms with Crippen molar-refractivity contribution in [3.8, 4) is 0 Å². The van der Waals surface area contributed by atoms with E-state index < -0.39 is 23.0 Å². The number of benzene rings is 2. The average molecular weight is 394 g/mol. The summed E-state index contributed by atoms with van der Waals surface area (Å²) < 4.78 is 5.45. The van der Waals surface area contributed by atoms with E-state index in [1.54, 1.807) is 30.3 Å². The fourth-order valence-corrected chi connectivity index (χ4v) is 2.31. The smallest absolute Gasteiger partial charge is 0.414 e. The summed E-state index contributed by atoms with van der Waals surface area (Å²) in [6.45, 7) is 1.36. The Labute approximate surface area is 160 Å². The molecule has 1 atom stereocenters. The number of carbonyl (C=O) groups is 2. The van der Waals surface area contributed by atoms with Crippen LogP contribution in [0.1, 0.15) is 11.7 Å². The fourth-order valence-electron chi connectivity index (χ4n) is 2.31. The lowest BCUT2D eigenvalue weighted by Gasteiger charge is -2.15. The molecule has 0 heterocycles. The van der Waals surface area contributed by atoms with Gasteiger partial charge in [-0.2, -0.15) is 0 Å². The number of likely N-dealkylation sites (N-methyl/N-ethyl adjacent to an activating group) is 1. The van der Waals surface area contributed by atoms with Gasteiger partial charge in [-0.1, -0.05) is 30.3 Å². The maximum atomic E-state index is 11.2. The van der Waals surface area contributed by atoms with Gasteiger partial charge in [0.25, 0.3) is 5.69 Å². The van der Waals surface area contributed by atoms with Crippen molar-refractivity contribution in [2.24, 2.45) is 0 Å². The third kappa shape index (κ3) is 6.91. The number of nitro benzene ring substituents is 1. The minimum Gasteiger partial charge on any atom is -0.473 e. The second-order valence-electron chi connectivity index (χ2n) is 5.98. The molecule has 2 aromatic rings. The van der Waals surface area contributed by atoms with Gasteiger partial charge < -0.3 is 25.0 Å². The lowest BCUT2D eigenvalue weighted by atomic mass is 9.99. The molecule has 0 fully saturated rings. The van der Waals surface area contributed by atoms with Crippen LogP contribution in [0.3, 0.4) is 0 Å². The molecule has 0 aromatic heterocycles. The van der Waals surface area contributed by atoms with Gasteiger partial charge in [0.1, 0.15) is 6.10 Å². The number of carboxylic acid groups (broad SMARTS) is 2. The molecular formula is C18H22N2O8. The monoisotopic (exact) mass is 394 g/mol. The number of aliphatic carboxylic acids is 2. The lowest BCUT2D eigenvalue weighted by Crippen LogP contribution is -2.19. The third-order valence-electron chi connectivity index (χ3n) is 3.61. The second kappa shape index (κ2) is 10.9. The molecule has 0 aliphatic carbocycles. The number of fused-ring (bicyclic) bond motifs is 1. The van der Waals surface area contributed by atoms with Crippen LogP contribution in [0.5, 0.6) is 0 Å². The van der Waals surface area contributed by atoms with Gasteiger partial charge in [-0.25, -0.2) is 9.59 Å². The topological polar surface area (TPSA) is 150 Å². The van der Waals surface area contributed by atoms with Crippen LogP contribution < -0.4 is 0 Å². The molecule has 28 heavy (non-hydrogen) atoms. The Morgan fingerprint density at radius 3 is 2.21 bits per heavy atom. The van der Waals surface area contributed by atoms with Crippen LogP contribution in [0.4, 0.5) is 5.69 Å². The predicted octanol–water partition coefficient (Wildman–Crippen LogP) is 1.52. The number of carboxylic acids is 2. The molecular weight excluding hydrogens is 372 g/mol. The fraction of sp³-hybridized carbons (Fsp3) is 0.333. The molecule has 3 N–H and O–H groups in total. The van der Waals surface area contributed by atoms with E-state index in [2.05, 4.69) is 0 Å². The maximum absolute atomic E-state index is 11.2. The maximum Gasteiger partial charge on any atom is 0.414 e. The van der Waals surface area contributed by atoms with Crippen LogP contribution in [-0.2, 0) is 14.3 Å². The number of ether oxygens (including phenoxy) is 1. The van der Waals surface area contributed by atoms with Gasteiger partial charge in [0.15, 0.2) is 0 Å². The highest BCUT2D eigenvalue weighted by Gasteiger charge is 2.19. The van der Waals surface area contributed by atoms with Crippen LogP contribution in [0.25, 0.3) is 10.8 Å². The van der Waals surface area contributed by atoms with Gasteiger partial charge in [0.2, 0.25) is 0 Å². The molecule has 2 rings (SSSR count). The van der Waals surface area contributed by atoms with Crippen molar-refractivity contribution in [3.63, 3.8) is 0 Å². The van der Waals surface area contributed by atoms with Crippen molar-refractivity contribution in [2.75, 3.05) is 33.9 Å². The summed E-state index contributed by atoms with van der Waals surface area (Å²) in [5.74, 6) is -3.65. The Kier molecular flexibility index (Phi) is 8.96. The number of hydrogen-bond acceptors (Lipinski definition) is 7. The zero-order valence-electron chi connectivity index (χ0n) is 15.4. The number of hydrogen-bond donors (Lipinski definition) is 3. The van der Waals surface area contributed by atoms with Crippen LogP contribution in [0.2, 0.25) is 0 Å². The molecule has 0 spiro atoms. The van der Waals surface area contributed by atoms with Gasteiger partial charge in [-0.15, -0.1) is 0 Å². The SMILES string of the molecule is CN(C)CCOCC(O)c1cccc2cccc([N+](=O)[O-])c12.O=C(O)C(=O)O. The molecule has 0 amide bonds. The average Bonchev–Trinajstić information content (AvgIpc) is 2.64. The molecule has 0 radical (unpaired) electrons. The largest absolute Gasteiger partial charge is 0.473 e. The van der Waals surface area contributed by atoms with E-state index in [9.17, 15) is 15.2 Å². The molecule has 0 saturated carbocycles. The summed E-state index contributed by atoms with van der Waals surface area (Å²) in [7, 11) is 3.88. The Bertz CT molecular complexity index is 820. The summed E-state index contributed by atoms with van der Waals surface area (Å²) in [6, 6.07) is 10.2. The normalized spacial score (nSPS) is 11.6. The highest BCUT2D eigenvalue weighted by atomic mass is 16.6. The summed E-state index contributed by atoms with van der Waals surface area (Å²) in [5, 5.41) is 37.5. The Balaban J connectivity index is 0.000000568. The van der Waals surface area contributed by atoms with Crippen LogP contribution in [0, 0.1) is 10.1 Å². The summed E-state index contributed by atoms with van der Waals surface area (Å²) in [4.78, 5) is 31.0. The molecule has 1 unspecified atom stereocenters. The molecule has 0 aliphatic rings. The van der Waals surface area contributed by atoms with Crippen molar-refractivity contribution in [1.82, 2.24) is 4.90 Å². The Morgan fingerprint density at radius 2 is 1.71 bits per heavy atom. The number of non-ortho nitro benzene ring substituents is 1. The first-order chi connectivity index (χ1) is 13.1. The first-order valence-corrected chi connectivity index (χ1v) is 8.18. The van der Waals surface area contributed by atoms with Crippen LogP contribution >= 0.6 is 0 Å². The quantitative estimate of drug-likeness (QED) is 0.275. The van der Waals surface area contributed by atoms with Gasteiger partial charge in [0, 0.05) is 12.6 Å². The first kappa shape index (κ1) is 23.0. The zero-order chi connectivity index (χ0) is 21.3. The zero-order valence-corrected chi connectivity index (χ0v) is 15.4. The van der Waals surface area contributed by atoms with E-state index >= 15 is 0 Å². The highest BCUT2D eigenvalue weighted by molar-refractivity contribution is 6.27. The number of aliphatic hydroxyl groups is 1. The molecule has 152 valence electrons. The summed E-state index contributed by atoms with van der Waals surface area (Å²) in [5.41, 5.74) is 0.523. The van der Waals surface area contributed by atoms with Crippen molar-refractivity contribution >= 4 is 28.4 Å². The van der Waals surface area contributed by atoms with E-state index in [1.807, 2.05) is 19.0 Å². The predicted molar refractivity (Wildman–Crippen MR) is 100 cm³/mol. The minimum atomic E-state index is -1.82. The van der Waals surface area contributed by atoms with Crippen molar-refractivity contribution < 1.29 is 34.6 Å². The molecule has 0 aliphatic heterocycles. The second-order valence-corrected chi connectivity index (χ2v) is 5.98. The Morgan fingerprint density at radius 1 is 1.14 bits per heavy atom. The van der Waals surface area contributed by atoms with E-state index in [0.29, 0.717) is 17.6 Å². The van der Waals surface area contributed by atoms with E-state index in [-0.39, 0.29) is 12.3 Å². The number of nitro groups is 1. The first-order valence-electron chi connectivity index (χ1n) is 8.18. The summed E-state index contributed by atoms with van der Waals surface area (Å²) >= 11 is 0. The standard InChI is InChI=1S/C16H20N2O4.C2H2O4/c1-17(2)9-10-22-11-15(19)13-7-3-5-12-6-4-8-14(16(12)13)18(20)21;3-1(4)2(5)6/h3-8,15,19H,9-11H2,1-2H3;(H,3,4)(H,5,6). The molecule has 0 saturated heterocycles. The van der Waals surface area contributed by atoms with Gasteiger partial charge in [-0.3, -0.25) is 10.1 Å². The minimum absolute atomic E-state index is 0.000409. The number of nitrogens with zero attached hydrogens (tertiary/aromatic N) is 2. The van der Waals surface area contributed by atoms with Crippen LogP contribution in [0.15, 0.2) is 36.4 Å². The van der Waals surface area contributed by atoms with E-state index in [0.717, 1.165) is 11.9 Å². The van der Waals surface area contributed by atoms with Crippen molar-refractivity contribution in [2.45, 2.75) is 6.10 Å². The van der Waals surface area contributed by atoms with Crippen LogP contribution in [-0.4, -0.2) is 70.9 Å². The van der Waals surface area contributed by atoms with Crippen molar-refractivity contribution in [3.05, 3.63) is 52.1 Å². The lowest BCUT2D eigenvalue weighted by molar-refractivity contribution is -0.383. The van der Waals surface area contributed by atoms with Crippen molar-refractivity contribution in [1.29, 1.82) is 0 Å². The Hall–Kier alpha value is -3.08. The molecule has 10 nitrogen and oxygen atoms in total. The molecule has 2 aromatic carbocycles. The number of aliphatic hydroxyl groups excluding tert-OH is 1. The third-order valence-corrected chi connectivity index (χ3v) is 3.61. The number of rotatable bonds is 7.